The molecule has 0 spiro atoms. The molecule has 0 N–H and O–H groups in total. The molecular formula is C21H18N2O3. The van der Waals surface area contributed by atoms with Gasteiger partial charge in [-0.1, -0.05) is 36.4 Å². The Morgan fingerprint density at radius 3 is 2.62 bits per heavy atom. The molecule has 1 heterocycles. The van der Waals surface area contributed by atoms with Crippen LogP contribution in [0, 0.1) is 0 Å². The number of aromatic nitrogens is 2. The first kappa shape index (κ1) is 16.3. The van der Waals surface area contributed by atoms with Gasteiger partial charge in [0.25, 0.3) is 0 Å². The van der Waals surface area contributed by atoms with Gasteiger partial charge < -0.3 is 9.47 Å². The van der Waals surface area contributed by atoms with Crippen LogP contribution in [0.4, 0.5) is 0 Å². The van der Waals surface area contributed by atoms with Crippen molar-refractivity contribution in [1.82, 2.24) is 9.97 Å². The Hall–Kier alpha value is -3.21. The fourth-order valence-electron chi connectivity index (χ4n) is 3.02. The number of carbonyl (C=O) groups excluding carboxylic acids is 1. The number of rotatable bonds is 5. The van der Waals surface area contributed by atoms with Crippen molar-refractivity contribution in [2.75, 3.05) is 0 Å². The summed E-state index contributed by atoms with van der Waals surface area (Å²) in [7, 11) is 0. The zero-order chi connectivity index (χ0) is 17.8. The Morgan fingerprint density at radius 1 is 1.00 bits per heavy atom. The molecule has 1 aromatic heterocycles. The minimum atomic E-state index is -0.328. The summed E-state index contributed by atoms with van der Waals surface area (Å²) in [5, 5.41) is 0. The maximum Gasteiger partial charge on any atom is 0.338 e. The second kappa shape index (κ2) is 7.35. The van der Waals surface area contributed by atoms with Gasteiger partial charge in [-0.3, -0.25) is 4.98 Å². The smallest absolute Gasteiger partial charge is 0.338 e. The third-order valence-corrected chi connectivity index (χ3v) is 4.47. The summed E-state index contributed by atoms with van der Waals surface area (Å²) in [5.41, 5.74) is 1.77. The third-order valence-electron chi connectivity index (χ3n) is 4.47. The van der Waals surface area contributed by atoms with E-state index in [2.05, 4.69) is 22.1 Å². The number of benzene rings is 2. The summed E-state index contributed by atoms with van der Waals surface area (Å²) in [6, 6.07) is 17.2. The van der Waals surface area contributed by atoms with Crippen LogP contribution in [0.1, 0.15) is 34.7 Å². The van der Waals surface area contributed by atoms with E-state index in [0.29, 0.717) is 23.1 Å². The van der Waals surface area contributed by atoms with Crippen molar-refractivity contribution >= 4 is 5.97 Å². The van der Waals surface area contributed by atoms with Crippen LogP contribution >= 0.6 is 0 Å². The van der Waals surface area contributed by atoms with E-state index in [1.54, 1.807) is 36.7 Å². The molecule has 0 amide bonds. The summed E-state index contributed by atoms with van der Waals surface area (Å²) in [5.74, 6) is 1.05. The van der Waals surface area contributed by atoms with Crippen LogP contribution < -0.4 is 4.74 Å². The van der Waals surface area contributed by atoms with Crippen molar-refractivity contribution in [1.29, 1.82) is 0 Å². The lowest BCUT2D eigenvalue weighted by molar-refractivity contribution is 0.00207. The Kier molecular flexibility index (Phi) is 4.60. The van der Waals surface area contributed by atoms with Crippen molar-refractivity contribution in [3.63, 3.8) is 0 Å². The highest BCUT2D eigenvalue weighted by Gasteiger charge is 2.33. The number of esters is 1. The van der Waals surface area contributed by atoms with Gasteiger partial charge in [0.05, 0.1) is 11.8 Å². The lowest BCUT2D eigenvalue weighted by Gasteiger charge is -2.35. The molecule has 26 heavy (non-hydrogen) atoms. The molecule has 0 saturated heterocycles. The molecule has 5 heteroatoms. The molecule has 1 fully saturated rings. The first-order chi connectivity index (χ1) is 12.8. The van der Waals surface area contributed by atoms with E-state index in [1.807, 2.05) is 18.2 Å². The number of ether oxygens (including phenoxy) is 2. The fourth-order valence-corrected chi connectivity index (χ4v) is 3.02. The van der Waals surface area contributed by atoms with Gasteiger partial charge in [0.1, 0.15) is 11.9 Å². The first-order valence-electron chi connectivity index (χ1n) is 8.58. The third kappa shape index (κ3) is 3.72. The van der Waals surface area contributed by atoms with E-state index < -0.39 is 0 Å². The van der Waals surface area contributed by atoms with Gasteiger partial charge in [-0.2, -0.15) is 0 Å². The highest BCUT2D eigenvalue weighted by Crippen LogP contribution is 2.39. The van der Waals surface area contributed by atoms with Gasteiger partial charge in [0.2, 0.25) is 5.88 Å². The molecule has 0 aliphatic heterocycles. The van der Waals surface area contributed by atoms with Gasteiger partial charge in [-0.15, -0.1) is 0 Å². The molecule has 3 aromatic rings. The minimum Gasteiger partial charge on any atom is -0.459 e. The van der Waals surface area contributed by atoms with E-state index >= 15 is 0 Å². The SMILES string of the molecule is O=C(OC1CC(c2ccccc2)C1)c1cccc(Oc2cnccn2)c1. The van der Waals surface area contributed by atoms with Crippen LogP contribution in [0.15, 0.2) is 73.2 Å². The van der Waals surface area contributed by atoms with Gasteiger partial charge in [-0.25, -0.2) is 9.78 Å². The largest absolute Gasteiger partial charge is 0.459 e. The molecule has 0 unspecified atom stereocenters. The molecule has 0 radical (unpaired) electrons. The summed E-state index contributed by atoms with van der Waals surface area (Å²) >= 11 is 0. The van der Waals surface area contributed by atoms with Crippen LogP contribution in [0.25, 0.3) is 0 Å². The van der Waals surface area contributed by atoms with Gasteiger partial charge in [0.15, 0.2) is 0 Å². The lowest BCUT2D eigenvalue weighted by Crippen LogP contribution is -2.31. The molecule has 130 valence electrons. The van der Waals surface area contributed by atoms with E-state index in [0.717, 1.165) is 12.8 Å². The van der Waals surface area contributed by atoms with Crippen LogP contribution in [-0.2, 0) is 4.74 Å². The maximum atomic E-state index is 12.4. The summed E-state index contributed by atoms with van der Waals surface area (Å²) in [4.78, 5) is 20.4. The van der Waals surface area contributed by atoms with E-state index in [-0.39, 0.29) is 12.1 Å². The second-order valence-corrected chi connectivity index (χ2v) is 6.28. The average Bonchev–Trinajstić information content (AvgIpc) is 2.66. The lowest BCUT2D eigenvalue weighted by atomic mass is 9.77. The highest BCUT2D eigenvalue weighted by molar-refractivity contribution is 5.90. The van der Waals surface area contributed by atoms with Crippen LogP contribution in [0.3, 0.4) is 0 Å². The molecule has 1 aliphatic carbocycles. The van der Waals surface area contributed by atoms with Crippen LogP contribution in [0.2, 0.25) is 0 Å². The van der Waals surface area contributed by atoms with E-state index in [1.165, 1.54) is 11.8 Å². The van der Waals surface area contributed by atoms with Crippen molar-refractivity contribution < 1.29 is 14.3 Å². The monoisotopic (exact) mass is 346 g/mol. The predicted molar refractivity (Wildman–Crippen MR) is 96.2 cm³/mol. The first-order valence-corrected chi connectivity index (χ1v) is 8.58. The van der Waals surface area contributed by atoms with Gasteiger partial charge in [0, 0.05) is 12.4 Å². The minimum absolute atomic E-state index is 0.0303. The topological polar surface area (TPSA) is 61.3 Å². The van der Waals surface area contributed by atoms with Crippen molar-refractivity contribution in [3.05, 3.63) is 84.3 Å². The van der Waals surface area contributed by atoms with Crippen molar-refractivity contribution in [3.8, 4) is 11.6 Å². The molecular weight excluding hydrogens is 328 g/mol. The number of hydrogen-bond acceptors (Lipinski definition) is 5. The second-order valence-electron chi connectivity index (χ2n) is 6.28. The Bertz CT molecular complexity index is 878. The molecule has 2 aromatic carbocycles. The van der Waals surface area contributed by atoms with Crippen LogP contribution in [0.5, 0.6) is 11.6 Å². The molecule has 4 rings (SSSR count). The molecule has 5 nitrogen and oxygen atoms in total. The van der Waals surface area contributed by atoms with E-state index in [4.69, 9.17) is 9.47 Å². The number of hydrogen-bond donors (Lipinski definition) is 0. The highest BCUT2D eigenvalue weighted by atomic mass is 16.5. The van der Waals surface area contributed by atoms with E-state index in [9.17, 15) is 4.79 Å². The van der Waals surface area contributed by atoms with Gasteiger partial charge >= 0.3 is 5.97 Å². The molecule has 1 aliphatic rings. The number of carbonyl (C=O) groups is 1. The average molecular weight is 346 g/mol. The predicted octanol–water partition coefficient (Wildman–Crippen LogP) is 4.37. The zero-order valence-electron chi connectivity index (χ0n) is 14.1. The summed E-state index contributed by atoms with van der Waals surface area (Å²) in [6.45, 7) is 0. The number of nitrogens with zero attached hydrogens (tertiary/aromatic N) is 2. The van der Waals surface area contributed by atoms with Crippen molar-refractivity contribution in [2.24, 2.45) is 0 Å². The Labute approximate surface area is 151 Å². The molecule has 1 saturated carbocycles. The van der Waals surface area contributed by atoms with Crippen LogP contribution in [-0.4, -0.2) is 22.0 Å². The standard InChI is InChI=1S/C21H18N2O3/c24-21(26-19-12-17(13-19)15-5-2-1-3-6-15)16-7-4-8-18(11-16)25-20-14-22-9-10-23-20/h1-11,14,17,19H,12-13H2. The van der Waals surface area contributed by atoms with Gasteiger partial charge in [-0.05, 0) is 42.5 Å². The normalized spacial score (nSPS) is 18.6. The zero-order valence-corrected chi connectivity index (χ0v) is 14.1. The summed E-state index contributed by atoms with van der Waals surface area (Å²) < 4.78 is 11.2. The fraction of sp³-hybridized carbons (Fsp3) is 0.190. The quantitative estimate of drug-likeness (QED) is 0.642. The van der Waals surface area contributed by atoms with Crippen molar-refractivity contribution in [2.45, 2.75) is 24.9 Å². The summed E-state index contributed by atoms with van der Waals surface area (Å²) in [6.07, 6.45) is 6.34. The molecule has 0 atom stereocenters. The maximum absolute atomic E-state index is 12.4. The molecule has 0 bridgehead atoms. The Morgan fingerprint density at radius 2 is 1.85 bits per heavy atom. The Balaban J connectivity index is 1.35.